The fourth-order valence-electron chi connectivity index (χ4n) is 2.90. The van der Waals surface area contributed by atoms with E-state index in [0.717, 1.165) is 36.2 Å². The molecule has 1 N–H and O–H groups in total. The van der Waals surface area contributed by atoms with Crippen LogP contribution in [0.2, 0.25) is 0 Å². The van der Waals surface area contributed by atoms with Crippen LogP contribution in [-0.4, -0.2) is 29.2 Å². The maximum Gasteiger partial charge on any atom is 0.223 e. The lowest BCUT2D eigenvalue weighted by molar-refractivity contribution is -0.125. The number of benzene rings is 1. The van der Waals surface area contributed by atoms with E-state index >= 15 is 0 Å². The minimum absolute atomic E-state index is 0.0641. The number of nitrogens with one attached hydrogen (secondary N) is 1. The average Bonchev–Trinajstić information content (AvgIpc) is 2.92. The van der Waals surface area contributed by atoms with Crippen LogP contribution in [0.25, 0.3) is 11.0 Å². The van der Waals surface area contributed by atoms with Crippen molar-refractivity contribution in [2.75, 3.05) is 13.7 Å². The molecule has 1 amide bonds. The highest BCUT2D eigenvalue weighted by molar-refractivity contribution is 5.79. The molecule has 1 aromatic heterocycles. The van der Waals surface area contributed by atoms with Crippen molar-refractivity contribution >= 4 is 16.9 Å². The molecule has 0 spiro atoms. The van der Waals surface area contributed by atoms with Crippen molar-refractivity contribution in [1.29, 1.82) is 0 Å². The van der Waals surface area contributed by atoms with E-state index in [4.69, 9.17) is 9.72 Å². The molecule has 0 aliphatic rings. The van der Waals surface area contributed by atoms with Gasteiger partial charge in [-0.15, -0.1) is 0 Å². The Morgan fingerprint density at radius 3 is 2.65 bits per heavy atom. The Morgan fingerprint density at radius 2 is 2.00 bits per heavy atom. The molecular formula is C18H27N3O2. The number of methoxy groups -OCH3 is 1. The number of nitrogens with zero attached hydrogens (tertiary/aromatic N) is 2. The molecule has 1 aromatic carbocycles. The third-order valence-corrected chi connectivity index (χ3v) is 4.31. The number of ether oxygens (including phenoxy) is 1. The fraction of sp³-hybridized carbons (Fsp3) is 0.556. The smallest absolute Gasteiger partial charge is 0.223 e. The van der Waals surface area contributed by atoms with Gasteiger partial charge in [-0.3, -0.25) is 4.79 Å². The van der Waals surface area contributed by atoms with Crippen LogP contribution in [-0.2, 0) is 16.1 Å². The van der Waals surface area contributed by atoms with Gasteiger partial charge in [-0.2, -0.15) is 0 Å². The first-order valence-corrected chi connectivity index (χ1v) is 8.36. The summed E-state index contributed by atoms with van der Waals surface area (Å²) in [6.45, 7) is 7.42. The lowest BCUT2D eigenvalue weighted by Crippen LogP contribution is -2.33. The predicted molar refractivity (Wildman–Crippen MR) is 92.2 cm³/mol. The Bertz CT molecular complexity index is 647. The summed E-state index contributed by atoms with van der Waals surface area (Å²) in [7, 11) is 1.69. The van der Waals surface area contributed by atoms with Gasteiger partial charge >= 0.3 is 0 Å². The number of para-hydroxylation sites is 2. The number of fused-ring (bicyclic) bond motifs is 1. The second-order valence-corrected chi connectivity index (χ2v) is 5.85. The number of hydrogen-bond donors (Lipinski definition) is 1. The third kappa shape index (κ3) is 3.91. The Balaban J connectivity index is 2.28. The third-order valence-electron chi connectivity index (χ3n) is 4.31. The van der Waals surface area contributed by atoms with Gasteiger partial charge in [-0.25, -0.2) is 4.98 Å². The molecule has 0 aliphatic carbocycles. The molecule has 126 valence electrons. The van der Waals surface area contributed by atoms with Crippen molar-refractivity contribution in [3.63, 3.8) is 0 Å². The van der Waals surface area contributed by atoms with Gasteiger partial charge in [0, 0.05) is 19.6 Å². The predicted octanol–water partition coefficient (Wildman–Crippen LogP) is 3.30. The maximum atomic E-state index is 12.4. The average molecular weight is 317 g/mol. The zero-order valence-corrected chi connectivity index (χ0v) is 14.5. The maximum absolute atomic E-state index is 12.4. The first kappa shape index (κ1) is 17.5. The molecule has 5 heteroatoms. The van der Waals surface area contributed by atoms with Crippen molar-refractivity contribution in [2.24, 2.45) is 5.92 Å². The molecular weight excluding hydrogens is 290 g/mol. The number of hydrogen-bond acceptors (Lipinski definition) is 3. The summed E-state index contributed by atoms with van der Waals surface area (Å²) in [5.74, 6) is 1.05. The second kappa shape index (κ2) is 8.11. The summed E-state index contributed by atoms with van der Waals surface area (Å²) in [6.07, 6.45) is 1.71. The van der Waals surface area contributed by atoms with E-state index in [9.17, 15) is 4.79 Å². The van der Waals surface area contributed by atoms with Crippen LogP contribution in [0.15, 0.2) is 24.3 Å². The van der Waals surface area contributed by atoms with Gasteiger partial charge in [0.25, 0.3) is 0 Å². The summed E-state index contributed by atoms with van der Waals surface area (Å²) < 4.78 is 7.35. The van der Waals surface area contributed by atoms with E-state index in [1.165, 1.54) is 0 Å². The van der Waals surface area contributed by atoms with E-state index in [-0.39, 0.29) is 17.9 Å². The fourth-order valence-corrected chi connectivity index (χ4v) is 2.90. The van der Waals surface area contributed by atoms with Crippen LogP contribution in [0, 0.1) is 5.92 Å². The number of amides is 1. The zero-order valence-electron chi connectivity index (χ0n) is 14.5. The van der Waals surface area contributed by atoms with Crippen LogP contribution in [0.3, 0.4) is 0 Å². The van der Waals surface area contributed by atoms with E-state index in [1.54, 1.807) is 7.11 Å². The summed E-state index contributed by atoms with van der Waals surface area (Å²) in [4.78, 5) is 17.1. The summed E-state index contributed by atoms with van der Waals surface area (Å²) in [5.41, 5.74) is 2.02. The van der Waals surface area contributed by atoms with Gasteiger partial charge in [0.15, 0.2) is 0 Å². The monoisotopic (exact) mass is 317 g/mol. The SMILES string of the molecule is CCC(CC)C(=O)NC(C)c1nc2ccccc2n1CCOC. The highest BCUT2D eigenvalue weighted by Crippen LogP contribution is 2.21. The number of carbonyl (C=O) groups is 1. The van der Waals surface area contributed by atoms with Gasteiger partial charge in [-0.05, 0) is 31.9 Å². The highest BCUT2D eigenvalue weighted by atomic mass is 16.5. The van der Waals surface area contributed by atoms with Crippen LogP contribution in [0.4, 0.5) is 0 Å². The Morgan fingerprint density at radius 1 is 1.30 bits per heavy atom. The topological polar surface area (TPSA) is 56.2 Å². The minimum Gasteiger partial charge on any atom is -0.383 e. The Labute approximate surface area is 138 Å². The van der Waals surface area contributed by atoms with Crippen molar-refractivity contribution in [2.45, 2.75) is 46.2 Å². The van der Waals surface area contributed by atoms with E-state index in [1.807, 2.05) is 39.0 Å². The number of imidazole rings is 1. The zero-order chi connectivity index (χ0) is 16.8. The van der Waals surface area contributed by atoms with Crippen LogP contribution >= 0.6 is 0 Å². The van der Waals surface area contributed by atoms with Gasteiger partial charge in [0.1, 0.15) is 5.82 Å². The molecule has 23 heavy (non-hydrogen) atoms. The Kier molecular flexibility index (Phi) is 6.16. The molecule has 0 radical (unpaired) electrons. The number of aromatic nitrogens is 2. The normalized spacial score (nSPS) is 12.7. The lowest BCUT2D eigenvalue weighted by Gasteiger charge is -2.19. The molecule has 1 unspecified atom stereocenters. The molecule has 0 saturated carbocycles. The molecule has 2 aromatic rings. The molecule has 0 bridgehead atoms. The molecule has 2 rings (SSSR count). The molecule has 1 atom stereocenters. The van der Waals surface area contributed by atoms with Crippen LogP contribution < -0.4 is 5.32 Å². The standard InChI is InChI=1S/C18H27N3O2/c1-5-14(6-2)18(22)19-13(3)17-20-15-9-7-8-10-16(15)21(17)11-12-23-4/h7-10,13-14H,5-6,11-12H2,1-4H3,(H,19,22). The van der Waals surface area contributed by atoms with Crippen LogP contribution in [0.5, 0.6) is 0 Å². The molecule has 0 saturated heterocycles. The molecule has 5 nitrogen and oxygen atoms in total. The van der Waals surface area contributed by atoms with Gasteiger partial charge in [0.2, 0.25) is 5.91 Å². The minimum atomic E-state index is -0.132. The van der Waals surface area contributed by atoms with Crippen molar-refractivity contribution in [3.05, 3.63) is 30.1 Å². The molecule has 1 heterocycles. The second-order valence-electron chi connectivity index (χ2n) is 5.85. The largest absolute Gasteiger partial charge is 0.383 e. The Hall–Kier alpha value is -1.88. The number of carbonyl (C=O) groups excluding carboxylic acids is 1. The van der Waals surface area contributed by atoms with Gasteiger partial charge in [-0.1, -0.05) is 26.0 Å². The summed E-state index contributed by atoms with van der Waals surface area (Å²) in [6, 6.07) is 7.90. The van der Waals surface area contributed by atoms with Crippen molar-refractivity contribution in [3.8, 4) is 0 Å². The van der Waals surface area contributed by atoms with E-state index < -0.39 is 0 Å². The van der Waals surface area contributed by atoms with E-state index in [2.05, 4.69) is 16.0 Å². The summed E-state index contributed by atoms with van der Waals surface area (Å²) in [5, 5.41) is 3.11. The number of rotatable bonds is 8. The first-order valence-electron chi connectivity index (χ1n) is 8.36. The van der Waals surface area contributed by atoms with Gasteiger partial charge < -0.3 is 14.6 Å². The van der Waals surface area contributed by atoms with Crippen molar-refractivity contribution in [1.82, 2.24) is 14.9 Å². The molecule has 0 aliphatic heterocycles. The lowest BCUT2D eigenvalue weighted by atomic mass is 10.0. The summed E-state index contributed by atoms with van der Waals surface area (Å²) >= 11 is 0. The highest BCUT2D eigenvalue weighted by Gasteiger charge is 2.21. The van der Waals surface area contributed by atoms with Gasteiger partial charge in [0.05, 0.1) is 23.7 Å². The quantitative estimate of drug-likeness (QED) is 0.813. The first-order chi connectivity index (χ1) is 11.1. The van der Waals surface area contributed by atoms with E-state index in [0.29, 0.717) is 6.61 Å². The van der Waals surface area contributed by atoms with Crippen LogP contribution in [0.1, 0.15) is 45.5 Å². The molecule has 0 fully saturated rings. The van der Waals surface area contributed by atoms with Crippen molar-refractivity contribution < 1.29 is 9.53 Å².